The first-order valence-corrected chi connectivity index (χ1v) is 5.25. The van der Waals surface area contributed by atoms with Crippen molar-refractivity contribution in [2.75, 3.05) is 25.6 Å². The van der Waals surface area contributed by atoms with Crippen molar-refractivity contribution in [3.8, 4) is 0 Å². The number of ether oxygens (including phenoxy) is 1. The molecule has 0 aliphatic carbocycles. The van der Waals surface area contributed by atoms with Crippen molar-refractivity contribution in [1.29, 1.82) is 0 Å². The summed E-state index contributed by atoms with van der Waals surface area (Å²) in [6.07, 6.45) is 3.57. The fourth-order valence-electron chi connectivity index (χ4n) is 1.68. The van der Waals surface area contributed by atoms with E-state index in [0.717, 1.165) is 11.3 Å². The van der Waals surface area contributed by atoms with Crippen LogP contribution in [-0.4, -0.2) is 31.7 Å². The third-order valence-corrected chi connectivity index (χ3v) is 2.55. The van der Waals surface area contributed by atoms with Crippen LogP contribution in [0.5, 0.6) is 0 Å². The van der Waals surface area contributed by atoms with Crippen molar-refractivity contribution in [2.45, 2.75) is 13.8 Å². The summed E-state index contributed by atoms with van der Waals surface area (Å²) >= 11 is 0. The molecule has 1 rings (SSSR count). The molecule has 1 aromatic heterocycles. The monoisotopic (exact) mass is 222 g/mol. The van der Waals surface area contributed by atoms with Crippen molar-refractivity contribution in [1.82, 2.24) is 4.98 Å². The number of rotatable bonds is 4. The van der Waals surface area contributed by atoms with E-state index < -0.39 is 0 Å². The molecule has 1 atom stereocenters. The molecular weight excluding hydrogens is 204 g/mol. The van der Waals surface area contributed by atoms with E-state index in [1.165, 1.54) is 7.11 Å². The van der Waals surface area contributed by atoms with Gasteiger partial charge in [-0.1, -0.05) is 6.92 Å². The van der Waals surface area contributed by atoms with Crippen LogP contribution in [0.3, 0.4) is 0 Å². The highest BCUT2D eigenvalue weighted by Gasteiger charge is 2.16. The Kier molecular flexibility index (Phi) is 4.28. The van der Waals surface area contributed by atoms with Crippen LogP contribution in [0.2, 0.25) is 0 Å². The molecule has 4 heteroatoms. The number of aryl methyl sites for hydroxylation is 1. The first-order valence-electron chi connectivity index (χ1n) is 5.25. The second-order valence-electron chi connectivity index (χ2n) is 3.97. The van der Waals surface area contributed by atoms with Crippen LogP contribution in [0.4, 0.5) is 5.69 Å². The fraction of sp³-hybridized carbons (Fsp3) is 0.500. The topological polar surface area (TPSA) is 42.4 Å². The Bertz CT molecular complexity index is 366. The van der Waals surface area contributed by atoms with Crippen LogP contribution in [0.15, 0.2) is 18.5 Å². The summed E-state index contributed by atoms with van der Waals surface area (Å²) in [5.74, 6) is -0.318. The Hall–Kier alpha value is -1.58. The Morgan fingerprint density at radius 2 is 2.31 bits per heavy atom. The number of anilines is 1. The number of hydrogen-bond donors (Lipinski definition) is 0. The minimum Gasteiger partial charge on any atom is -0.469 e. The molecule has 0 amide bonds. The Morgan fingerprint density at radius 3 is 2.88 bits per heavy atom. The third kappa shape index (κ3) is 2.95. The van der Waals surface area contributed by atoms with Crippen LogP contribution >= 0.6 is 0 Å². The van der Waals surface area contributed by atoms with Gasteiger partial charge in [0.2, 0.25) is 0 Å². The van der Waals surface area contributed by atoms with E-state index >= 15 is 0 Å². The van der Waals surface area contributed by atoms with E-state index in [4.69, 9.17) is 4.74 Å². The van der Waals surface area contributed by atoms with Gasteiger partial charge in [-0.3, -0.25) is 9.78 Å². The van der Waals surface area contributed by atoms with Crippen LogP contribution in [0, 0.1) is 12.8 Å². The van der Waals surface area contributed by atoms with Crippen molar-refractivity contribution < 1.29 is 9.53 Å². The number of carbonyl (C=O) groups excluding carboxylic acids is 1. The minimum atomic E-state index is -0.182. The molecule has 16 heavy (non-hydrogen) atoms. The molecule has 0 saturated heterocycles. The Labute approximate surface area is 96.2 Å². The molecule has 0 N–H and O–H groups in total. The number of pyridine rings is 1. The largest absolute Gasteiger partial charge is 0.469 e. The van der Waals surface area contributed by atoms with E-state index in [9.17, 15) is 4.79 Å². The average Bonchev–Trinajstić information content (AvgIpc) is 2.28. The predicted octanol–water partition coefficient (Wildman–Crippen LogP) is 1.64. The molecule has 0 aliphatic heterocycles. The fourth-order valence-corrected chi connectivity index (χ4v) is 1.68. The summed E-state index contributed by atoms with van der Waals surface area (Å²) in [6.45, 7) is 4.50. The number of esters is 1. The normalized spacial score (nSPS) is 12.0. The predicted molar refractivity (Wildman–Crippen MR) is 63.4 cm³/mol. The summed E-state index contributed by atoms with van der Waals surface area (Å²) in [5.41, 5.74) is 2.19. The molecule has 1 aromatic rings. The van der Waals surface area contributed by atoms with E-state index in [0.29, 0.717) is 6.54 Å². The molecule has 0 bridgehead atoms. The maximum absolute atomic E-state index is 11.3. The molecular formula is C12H18N2O2. The zero-order chi connectivity index (χ0) is 12.1. The van der Waals surface area contributed by atoms with Gasteiger partial charge >= 0.3 is 5.97 Å². The zero-order valence-corrected chi connectivity index (χ0v) is 10.2. The van der Waals surface area contributed by atoms with Gasteiger partial charge in [0.25, 0.3) is 0 Å². The van der Waals surface area contributed by atoms with Gasteiger partial charge in [0.05, 0.1) is 13.0 Å². The van der Waals surface area contributed by atoms with Crippen molar-refractivity contribution in [3.63, 3.8) is 0 Å². The molecule has 0 saturated carbocycles. The van der Waals surface area contributed by atoms with Gasteiger partial charge in [-0.2, -0.15) is 0 Å². The Balaban J connectivity index is 2.69. The molecule has 0 spiro atoms. The van der Waals surface area contributed by atoms with Crippen molar-refractivity contribution >= 4 is 11.7 Å². The van der Waals surface area contributed by atoms with Gasteiger partial charge in [-0.15, -0.1) is 0 Å². The van der Waals surface area contributed by atoms with Crippen LogP contribution in [0.25, 0.3) is 0 Å². The lowest BCUT2D eigenvalue weighted by Gasteiger charge is -2.23. The summed E-state index contributed by atoms with van der Waals surface area (Å²) in [7, 11) is 3.37. The van der Waals surface area contributed by atoms with E-state index in [1.54, 1.807) is 6.20 Å². The van der Waals surface area contributed by atoms with E-state index in [1.807, 2.05) is 38.1 Å². The molecule has 88 valence electrons. The Morgan fingerprint density at radius 1 is 1.62 bits per heavy atom. The van der Waals surface area contributed by atoms with Gasteiger partial charge in [0.1, 0.15) is 0 Å². The van der Waals surface area contributed by atoms with Gasteiger partial charge in [-0.05, 0) is 18.6 Å². The molecule has 1 unspecified atom stereocenters. The maximum Gasteiger partial charge on any atom is 0.310 e. The molecule has 0 aliphatic rings. The van der Waals surface area contributed by atoms with Gasteiger partial charge < -0.3 is 9.64 Å². The first kappa shape index (κ1) is 12.5. The number of nitrogens with zero attached hydrogens (tertiary/aromatic N) is 2. The van der Waals surface area contributed by atoms with E-state index in [2.05, 4.69) is 4.98 Å². The SMILES string of the molecule is COC(=O)C(C)CN(C)c1ccncc1C. The minimum absolute atomic E-state index is 0.137. The van der Waals surface area contributed by atoms with Crippen molar-refractivity contribution in [2.24, 2.45) is 5.92 Å². The van der Waals surface area contributed by atoms with Crippen LogP contribution in [0.1, 0.15) is 12.5 Å². The maximum atomic E-state index is 11.3. The lowest BCUT2D eigenvalue weighted by Crippen LogP contribution is -2.29. The molecule has 1 heterocycles. The third-order valence-electron chi connectivity index (χ3n) is 2.55. The number of methoxy groups -OCH3 is 1. The first-order chi connectivity index (χ1) is 7.56. The second kappa shape index (κ2) is 5.49. The highest BCUT2D eigenvalue weighted by Crippen LogP contribution is 2.17. The smallest absolute Gasteiger partial charge is 0.310 e. The summed E-state index contributed by atoms with van der Waals surface area (Å²) < 4.78 is 4.70. The molecule has 0 radical (unpaired) electrons. The molecule has 0 aromatic carbocycles. The summed E-state index contributed by atoms with van der Waals surface area (Å²) in [5, 5.41) is 0. The standard InChI is InChI=1S/C12H18N2O2/c1-9-7-13-6-5-11(9)14(3)8-10(2)12(15)16-4/h5-7,10H,8H2,1-4H3. The lowest BCUT2D eigenvalue weighted by molar-refractivity contribution is -0.144. The van der Waals surface area contributed by atoms with Gasteiger partial charge in [0.15, 0.2) is 0 Å². The van der Waals surface area contributed by atoms with Gasteiger partial charge in [-0.25, -0.2) is 0 Å². The van der Waals surface area contributed by atoms with Gasteiger partial charge in [0, 0.05) is 31.7 Å². The highest BCUT2D eigenvalue weighted by atomic mass is 16.5. The van der Waals surface area contributed by atoms with Crippen LogP contribution in [-0.2, 0) is 9.53 Å². The zero-order valence-electron chi connectivity index (χ0n) is 10.2. The average molecular weight is 222 g/mol. The quantitative estimate of drug-likeness (QED) is 0.726. The molecule has 4 nitrogen and oxygen atoms in total. The lowest BCUT2D eigenvalue weighted by atomic mass is 10.1. The van der Waals surface area contributed by atoms with Crippen molar-refractivity contribution in [3.05, 3.63) is 24.0 Å². The number of aromatic nitrogens is 1. The number of hydrogen-bond acceptors (Lipinski definition) is 4. The second-order valence-corrected chi connectivity index (χ2v) is 3.97. The molecule has 0 fully saturated rings. The highest BCUT2D eigenvalue weighted by molar-refractivity contribution is 5.72. The van der Waals surface area contributed by atoms with E-state index in [-0.39, 0.29) is 11.9 Å². The van der Waals surface area contributed by atoms with Crippen LogP contribution < -0.4 is 4.90 Å². The summed E-state index contributed by atoms with van der Waals surface area (Å²) in [6, 6.07) is 1.94. The summed E-state index contributed by atoms with van der Waals surface area (Å²) in [4.78, 5) is 17.4. The number of carbonyl (C=O) groups is 1.